The van der Waals surface area contributed by atoms with Gasteiger partial charge in [0, 0.05) is 19.5 Å². The third kappa shape index (κ3) is 5.67. The summed E-state index contributed by atoms with van der Waals surface area (Å²) in [5.41, 5.74) is 0.901. The molecule has 0 heterocycles. The third-order valence-corrected chi connectivity index (χ3v) is 3.13. The van der Waals surface area contributed by atoms with Gasteiger partial charge in [-0.1, -0.05) is 36.9 Å². The molecule has 0 saturated heterocycles. The minimum Gasteiger partial charge on any atom is -0.395 e. The number of nitrogens with one attached hydrogen (secondary N) is 1. The van der Waals surface area contributed by atoms with Crippen LogP contribution in [0.15, 0.2) is 43.0 Å². The van der Waals surface area contributed by atoms with E-state index in [1.165, 1.54) is 4.90 Å². The van der Waals surface area contributed by atoms with Crippen molar-refractivity contribution in [1.82, 2.24) is 10.2 Å². The summed E-state index contributed by atoms with van der Waals surface area (Å²) in [6.07, 6.45) is 1.43. The van der Waals surface area contributed by atoms with E-state index in [0.717, 1.165) is 11.6 Å². The van der Waals surface area contributed by atoms with Crippen LogP contribution < -0.4 is 5.32 Å². The zero-order valence-corrected chi connectivity index (χ0v) is 12.4. The largest absolute Gasteiger partial charge is 0.395 e. The minimum atomic E-state index is -0.772. The summed E-state index contributed by atoms with van der Waals surface area (Å²) in [5, 5.41) is 20.7. The fourth-order valence-electron chi connectivity index (χ4n) is 2.07. The molecule has 0 aliphatic carbocycles. The molecule has 6 nitrogen and oxygen atoms in total. The van der Waals surface area contributed by atoms with E-state index >= 15 is 0 Å². The summed E-state index contributed by atoms with van der Waals surface area (Å²) in [6, 6.07) is 8.53. The van der Waals surface area contributed by atoms with Gasteiger partial charge < -0.3 is 20.4 Å². The Balaban J connectivity index is 2.89. The van der Waals surface area contributed by atoms with E-state index in [4.69, 9.17) is 10.2 Å². The van der Waals surface area contributed by atoms with Crippen LogP contribution in [0.25, 0.3) is 0 Å². The summed E-state index contributed by atoms with van der Waals surface area (Å²) in [7, 11) is 0. The van der Waals surface area contributed by atoms with E-state index in [-0.39, 0.29) is 32.2 Å². The molecule has 0 unspecified atom stereocenters. The first-order chi connectivity index (χ1) is 10.6. The maximum Gasteiger partial charge on any atom is 0.245 e. The first kappa shape index (κ1) is 17.9. The fourth-order valence-corrected chi connectivity index (χ4v) is 2.07. The Labute approximate surface area is 130 Å². The van der Waals surface area contributed by atoms with Gasteiger partial charge in [-0.15, -0.1) is 0 Å². The highest BCUT2D eigenvalue weighted by molar-refractivity contribution is 5.92. The Kier molecular flexibility index (Phi) is 7.88. The zero-order chi connectivity index (χ0) is 16.4. The summed E-state index contributed by atoms with van der Waals surface area (Å²) < 4.78 is 0. The lowest BCUT2D eigenvalue weighted by Crippen LogP contribution is -2.50. The van der Waals surface area contributed by atoms with Crippen molar-refractivity contribution in [3.05, 3.63) is 48.6 Å². The molecule has 0 bridgehead atoms. The summed E-state index contributed by atoms with van der Waals surface area (Å²) in [6.45, 7) is 3.17. The number of aliphatic hydroxyl groups excluding tert-OH is 2. The Morgan fingerprint density at radius 2 is 1.77 bits per heavy atom. The van der Waals surface area contributed by atoms with E-state index in [0.29, 0.717) is 6.42 Å². The van der Waals surface area contributed by atoms with Gasteiger partial charge in [0.15, 0.2) is 0 Å². The van der Waals surface area contributed by atoms with E-state index < -0.39 is 11.9 Å². The molecule has 1 aromatic carbocycles. The van der Waals surface area contributed by atoms with Gasteiger partial charge in [-0.3, -0.25) is 9.59 Å². The fraction of sp³-hybridized carbons (Fsp3) is 0.375. The second kappa shape index (κ2) is 9.70. The molecule has 3 N–H and O–H groups in total. The van der Waals surface area contributed by atoms with Gasteiger partial charge in [-0.05, 0) is 11.6 Å². The van der Waals surface area contributed by atoms with Gasteiger partial charge >= 0.3 is 0 Å². The molecule has 0 spiro atoms. The van der Waals surface area contributed by atoms with Crippen molar-refractivity contribution in [1.29, 1.82) is 0 Å². The standard InChI is InChI=1S/C16H22N2O4/c1-2-15(21)17-14(12-13-6-4-3-5-7-13)16(22)18(8-10-19)9-11-20/h2-7,14,19-20H,1,8-12H2,(H,17,21)/t14-/m1/s1. The highest BCUT2D eigenvalue weighted by atomic mass is 16.3. The van der Waals surface area contributed by atoms with Crippen LogP contribution >= 0.6 is 0 Å². The van der Waals surface area contributed by atoms with E-state index in [2.05, 4.69) is 11.9 Å². The van der Waals surface area contributed by atoms with Gasteiger partial charge in [0.1, 0.15) is 6.04 Å². The van der Waals surface area contributed by atoms with Gasteiger partial charge in [0.05, 0.1) is 13.2 Å². The molecular formula is C16H22N2O4. The number of nitrogens with zero attached hydrogens (tertiary/aromatic N) is 1. The average molecular weight is 306 g/mol. The van der Waals surface area contributed by atoms with Gasteiger partial charge in [0.25, 0.3) is 0 Å². The van der Waals surface area contributed by atoms with Gasteiger partial charge in [-0.25, -0.2) is 0 Å². The van der Waals surface area contributed by atoms with Crippen LogP contribution in [-0.2, 0) is 16.0 Å². The normalized spacial score (nSPS) is 11.5. The summed E-state index contributed by atoms with van der Waals surface area (Å²) in [4.78, 5) is 25.4. The van der Waals surface area contributed by atoms with Crippen LogP contribution in [0.2, 0.25) is 0 Å². The SMILES string of the molecule is C=CC(=O)N[C@H](Cc1ccccc1)C(=O)N(CCO)CCO. The number of hydrogen-bond acceptors (Lipinski definition) is 4. The van der Waals surface area contributed by atoms with Gasteiger partial charge in [0.2, 0.25) is 11.8 Å². The third-order valence-electron chi connectivity index (χ3n) is 3.13. The molecule has 1 aromatic rings. The highest BCUT2D eigenvalue weighted by Crippen LogP contribution is 2.06. The number of carbonyl (C=O) groups excluding carboxylic acids is 2. The Bertz CT molecular complexity index is 484. The molecule has 0 aliphatic rings. The minimum absolute atomic E-state index is 0.106. The molecule has 0 fully saturated rings. The Morgan fingerprint density at radius 1 is 1.18 bits per heavy atom. The number of aliphatic hydroxyl groups is 2. The first-order valence-electron chi connectivity index (χ1n) is 7.09. The summed E-state index contributed by atoms with van der Waals surface area (Å²) in [5.74, 6) is -0.788. The molecule has 0 radical (unpaired) electrons. The van der Waals surface area contributed by atoms with Crippen molar-refractivity contribution in [3.8, 4) is 0 Å². The number of rotatable bonds is 9. The zero-order valence-electron chi connectivity index (χ0n) is 12.4. The number of amides is 2. The van der Waals surface area contributed by atoms with Crippen molar-refractivity contribution < 1.29 is 19.8 Å². The smallest absolute Gasteiger partial charge is 0.245 e. The summed E-state index contributed by atoms with van der Waals surface area (Å²) >= 11 is 0. The van der Waals surface area contributed by atoms with Crippen LogP contribution in [0.1, 0.15) is 5.56 Å². The molecule has 1 atom stereocenters. The molecule has 120 valence electrons. The molecule has 0 aliphatic heterocycles. The lowest BCUT2D eigenvalue weighted by Gasteiger charge is -2.26. The average Bonchev–Trinajstić information content (AvgIpc) is 2.54. The molecule has 0 aromatic heterocycles. The number of hydrogen-bond donors (Lipinski definition) is 3. The van der Waals surface area contributed by atoms with Crippen LogP contribution in [0.4, 0.5) is 0 Å². The molecule has 2 amide bonds. The second-order valence-corrected chi connectivity index (χ2v) is 4.73. The van der Waals surface area contributed by atoms with Crippen LogP contribution in [0.5, 0.6) is 0 Å². The van der Waals surface area contributed by atoms with Crippen molar-refractivity contribution in [3.63, 3.8) is 0 Å². The van der Waals surface area contributed by atoms with Crippen molar-refractivity contribution >= 4 is 11.8 Å². The topological polar surface area (TPSA) is 89.9 Å². The molecule has 1 rings (SSSR count). The first-order valence-corrected chi connectivity index (χ1v) is 7.09. The molecule has 22 heavy (non-hydrogen) atoms. The number of benzene rings is 1. The quantitative estimate of drug-likeness (QED) is 0.547. The van der Waals surface area contributed by atoms with Crippen molar-refractivity contribution in [2.24, 2.45) is 0 Å². The molecule has 0 saturated carbocycles. The Morgan fingerprint density at radius 3 is 2.27 bits per heavy atom. The van der Waals surface area contributed by atoms with E-state index in [1.807, 2.05) is 30.3 Å². The van der Waals surface area contributed by atoms with E-state index in [9.17, 15) is 9.59 Å². The second-order valence-electron chi connectivity index (χ2n) is 4.73. The predicted octanol–water partition coefficient (Wildman–Crippen LogP) is -0.287. The monoisotopic (exact) mass is 306 g/mol. The lowest BCUT2D eigenvalue weighted by molar-refractivity contribution is -0.136. The maximum absolute atomic E-state index is 12.5. The van der Waals surface area contributed by atoms with Crippen LogP contribution in [-0.4, -0.2) is 59.3 Å². The molecule has 6 heteroatoms. The van der Waals surface area contributed by atoms with Crippen molar-refractivity contribution in [2.75, 3.05) is 26.3 Å². The maximum atomic E-state index is 12.5. The van der Waals surface area contributed by atoms with Gasteiger partial charge in [-0.2, -0.15) is 0 Å². The highest BCUT2D eigenvalue weighted by Gasteiger charge is 2.25. The molecular weight excluding hydrogens is 284 g/mol. The van der Waals surface area contributed by atoms with Crippen LogP contribution in [0.3, 0.4) is 0 Å². The lowest BCUT2D eigenvalue weighted by atomic mass is 10.0. The number of carbonyl (C=O) groups is 2. The predicted molar refractivity (Wildman–Crippen MR) is 83.0 cm³/mol. The van der Waals surface area contributed by atoms with Crippen LogP contribution in [0, 0.1) is 0 Å². The Hall–Kier alpha value is -2.18. The van der Waals surface area contributed by atoms with E-state index in [1.54, 1.807) is 0 Å². The van der Waals surface area contributed by atoms with Crippen molar-refractivity contribution in [2.45, 2.75) is 12.5 Å².